The number of alkyl halides is 3. The van der Waals surface area contributed by atoms with E-state index in [0.29, 0.717) is 12.0 Å². The maximum atomic E-state index is 12.5. The summed E-state index contributed by atoms with van der Waals surface area (Å²) in [6.07, 6.45) is -0.846. The summed E-state index contributed by atoms with van der Waals surface area (Å²) >= 11 is 0. The van der Waals surface area contributed by atoms with Gasteiger partial charge < -0.3 is 10.1 Å². The van der Waals surface area contributed by atoms with Gasteiger partial charge in [0.2, 0.25) is 0 Å². The molecule has 1 atom stereocenters. The lowest BCUT2D eigenvalue weighted by Gasteiger charge is -2.20. The molecule has 21 heavy (non-hydrogen) atoms. The van der Waals surface area contributed by atoms with Crippen LogP contribution in [0, 0.1) is 0 Å². The standard InChI is InChI=1S/C15H15F3N2O/c1-19-13(9-11-5-4-8-20-10-11)12-6-2-3-7-14(12)21-15(16,17)18/h2-8,10,13,19H,9H2,1H3. The lowest BCUT2D eigenvalue weighted by molar-refractivity contribution is -0.275. The third kappa shape index (κ3) is 4.46. The largest absolute Gasteiger partial charge is 0.573 e. The Bertz CT molecular complexity index is 573. The van der Waals surface area contributed by atoms with Crippen molar-refractivity contribution in [3.63, 3.8) is 0 Å². The average molecular weight is 296 g/mol. The predicted octanol–water partition coefficient (Wildman–Crippen LogP) is 3.48. The van der Waals surface area contributed by atoms with Crippen LogP contribution in [0.3, 0.4) is 0 Å². The number of nitrogens with zero attached hydrogens (tertiary/aromatic N) is 1. The maximum Gasteiger partial charge on any atom is 0.573 e. The normalized spacial score (nSPS) is 13.0. The van der Waals surface area contributed by atoms with Crippen molar-refractivity contribution in [3.8, 4) is 5.75 Å². The summed E-state index contributed by atoms with van der Waals surface area (Å²) in [6.45, 7) is 0. The topological polar surface area (TPSA) is 34.2 Å². The van der Waals surface area contributed by atoms with Gasteiger partial charge in [-0.15, -0.1) is 13.2 Å². The Morgan fingerprint density at radius 2 is 1.95 bits per heavy atom. The highest BCUT2D eigenvalue weighted by molar-refractivity contribution is 5.37. The van der Waals surface area contributed by atoms with Crippen LogP contribution in [0.2, 0.25) is 0 Å². The molecule has 1 N–H and O–H groups in total. The zero-order chi connectivity index (χ0) is 15.3. The summed E-state index contributed by atoms with van der Waals surface area (Å²) in [7, 11) is 1.70. The average Bonchev–Trinajstić information content (AvgIpc) is 2.45. The van der Waals surface area contributed by atoms with Crippen molar-refractivity contribution >= 4 is 0 Å². The van der Waals surface area contributed by atoms with Crippen molar-refractivity contribution in [1.29, 1.82) is 0 Å². The van der Waals surface area contributed by atoms with Crippen LogP contribution in [-0.4, -0.2) is 18.4 Å². The smallest absolute Gasteiger partial charge is 0.405 e. The third-order valence-corrected chi connectivity index (χ3v) is 3.03. The molecule has 0 bridgehead atoms. The molecule has 112 valence electrons. The fraction of sp³-hybridized carbons (Fsp3) is 0.267. The first-order chi connectivity index (χ1) is 9.99. The first-order valence-corrected chi connectivity index (χ1v) is 6.40. The number of likely N-dealkylation sites (N-methyl/N-ethyl adjacent to an activating group) is 1. The molecule has 0 aliphatic heterocycles. The van der Waals surface area contributed by atoms with Crippen LogP contribution in [0.25, 0.3) is 0 Å². The molecule has 0 spiro atoms. The van der Waals surface area contributed by atoms with Crippen LogP contribution in [0.4, 0.5) is 13.2 Å². The van der Waals surface area contributed by atoms with Gasteiger partial charge in [0.1, 0.15) is 5.75 Å². The van der Waals surface area contributed by atoms with Crippen molar-refractivity contribution < 1.29 is 17.9 Å². The summed E-state index contributed by atoms with van der Waals surface area (Å²) in [5, 5.41) is 3.02. The number of halogens is 3. The summed E-state index contributed by atoms with van der Waals surface area (Å²) < 4.78 is 41.5. The lowest BCUT2D eigenvalue weighted by Crippen LogP contribution is -2.23. The lowest BCUT2D eigenvalue weighted by atomic mass is 9.99. The fourth-order valence-corrected chi connectivity index (χ4v) is 2.11. The van der Waals surface area contributed by atoms with Gasteiger partial charge >= 0.3 is 6.36 Å². The molecule has 0 aliphatic rings. The fourth-order valence-electron chi connectivity index (χ4n) is 2.11. The summed E-state index contributed by atoms with van der Waals surface area (Å²) in [5.74, 6) is -0.187. The first kappa shape index (κ1) is 15.3. The van der Waals surface area contributed by atoms with Gasteiger partial charge in [-0.2, -0.15) is 0 Å². The van der Waals surface area contributed by atoms with E-state index in [1.807, 2.05) is 6.07 Å². The van der Waals surface area contributed by atoms with Gasteiger partial charge in [-0.25, -0.2) is 0 Å². The van der Waals surface area contributed by atoms with Crippen molar-refractivity contribution in [2.45, 2.75) is 18.8 Å². The molecule has 1 aromatic carbocycles. The second kappa shape index (κ2) is 6.58. The third-order valence-electron chi connectivity index (χ3n) is 3.03. The second-order valence-corrected chi connectivity index (χ2v) is 4.49. The molecule has 0 radical (unpaired) electrons. The Balaban J connectivity index is 2.26. The monoisotopic (exact) mass is 296 g/mol. The summed E-state index contributed by atoms with van der Waals surface area (Å²) in [6, 6.07) is 9.51. The van der Waals surface area contributed by atoms with Gasteiger partial charge in [0.25, 0.3) is 0 Å². The number of pyridine rings is 1. The first-order valence-electron chi connectivity index (χ1n) is 6.40. The Morgan fingerprint density at radius 1 is 1.19 bits per heavy atom. The predicted molar refractivity (Wildman–Crippen MR) is 72.9 cm³/mol. The number of nitrogens with one attached hydrogen (secondary N) is 1. The maximum absolute atomic E-state index is 12.5. The Labute approximate surface area is 120 Å². The molecule has 2 aromatic rings. The molecule has 0 aliphatic carbocycles. The van der Waals surface area contributed by atoms with E-state index in [-0.39, 0.29) is 11.8 Å². The van der Waals surface area contributed by atoms with Crippen LogP contribution in [0.1, 0.15) is 17.2 Å². The molecule has 1 heterocycles. The van der Waals surface area contributed by atoms with E-state index in [2.05, 4.69) is 15.0 Å². The highest BCUT2D eigenvalue weighted by Crippen LogP contribution is 2.31. The molecule has 0 amide bonds. The van der Waals surface area contributed by atoms with Crippen LogP contribution >= 0.6 is 0 Å². The number of hydrogen-bond donors (Lipinski definition) is 1. The van der Waals surface area contributed by atoms with E-state index in [1.54, 1.807) is 37.6 Å². The van der Waals surface area contributed by atoms with Crippen LogP contribution in [0.15, 0.2) is 48.8 Å². The molecular formula is C15H15F3N2O. The molecule has 6 heteroatoms. The number of hydrogen-bond acceptors (Lipinski definition) is 3. The van der Waals surface area contributed by atoms with E-state index in [0.717, 1.165) is 5.56 Å². The highest BCUT2D eigenvalue weighted by Gasteiger charge is 2.32. The minimum absolute atomic E-state index is 0.187. The quantitative estimate of drug-likeness (QED) is 0.917. The number of ether oxygens (including phenoxy) is 1. The van der Waals surface area contributed by atoms with E-state index >= 15 is 0 Å². The minimum atomic E-state index is -4.71. The van der Waals surface area contributed by atoms with Gasteiger partial charge in [-0.05, 0) is 31.2 Å². The molecule has 0 saturated heterocycles. The Kier molecular flexibility index (Phi) is 4.80. The SMILES string of the molecule is CNC(Cc1cccnc1)c1ccccc1OC(F)(F)F. The Morgan fingerprint density at radius 3 is 2.57 bits per heavy atom. The van der Waals surface area contributed by atoms with Crippen molar-refractivity contribution in [1.82, 2.24) is 10.3 Å². The van der Waals surface area contributed by atoms with E-state index in [4.69, 9.17) is 0 Å². The molecule has 2 rings (SSSR count). The molecule has 0 saturated carbocycles. The number of para-hydroxylation sites is 1. The highest BCUT2D eigenvalue weighted by atomic mass is 19.4. The number of rotatable bonds is 5. The van der Waals surface area contributed by atoms with Gasteiger partial charge in [-0.1, -0.05) is 24.3 Å². The van der Waals surface area contributed by atoms with E-state index in [1.165, 1.54) is 12.1 Å². The molecule has 3 nitrogen and oxygen atoms in total. The van der Waals surface area contributed by atoms with Gasteiger partial charge in [0.05, 0.1) is 0 Å². The molecule has 0 fully saturated rings. The second-order valence-electron chi connectivity index (χ2n) is 4.49. The zero-order valence-electron chi connectivity index (χ0n) is 11.4. The van der Waals surface area contributed by atoms with Crippen LogP contribution < -0.4 is 10.1 Å². The van der Waals surface area contributed by atoms with Gasteiger partial charge in [0, 0.05) is 24.0 Å². The van der Waals surface area contributed by atoms with Gasteiger partial charge in [0.15, 0.2) is 0 Å². The van der Waals surface area contributed by atoms with E-state index < -0.39 is 6.36 Å². The molecular weight excluding hydrogens is 281 g/mol. The molecule has 1 aromatic heterocycles. The van der Waals surface area contributed by atoms with Crippen molar-refractivity contribution in [3.05, 3.63) is 59.9 Å². The zero-order valence-corrected chi connectivity index (χ0v) is 11.4. The summed E-state index contributed by atoms with van der Waals surface area (Å²) in [4.78, 5) is 4.01. The van der Waals surface area contributed by atoms with Crippen LogP contribution in [-0.2, 0) is 6.42 Å². The van der Waals surface area contributed by atoms with Gasteiger partial charge in [-0.3, -0.25) is 4.98 Å². The Hall–Kier alpha value is -2.08. The van der Waals surface area contributed by atoms with Crippen molar-refractivity contribution in [2.24, 2.45) is 0 Å². The number of benzene rings is 1. The van der Waals surface area contributed by atoms with E-state index in [9.17, 15) is 13.2 Å². The van der Waals surface area contributed by atoms with Crippen molar-refractivity contribution in [2.75, 3.05) is 7.05 Å². The molecule has 1 unspecified atom stereocenters. The van der Waals surface area contributed by atoms with Crippen LogP contribution in [0.5, 0.6) is 5.75 Å². The minimum Gasteiger partial charge on any atom is -0.405 e. The summed E-state index contributed by atoms with van der Waals surface area (Å²) in [5.41, 5.74) is 1.39. The number of aromatic nitrogens is 1.